The first-order chi connectivity index (χ1) is 12.4. The van der Waals surface area contributed by atoms with Crippen molar-refractivity contribution in [2.75, 3.05) is 14.2 Å². The number of ether oxygens (including phenoxy) is 1. The maximum absolute atomic E-state index is 13.3. The molecule has 0 unspecified atom stereocenters. The molecule has 8 heteroatoms. The molecule has 1 aromatic heterocycles. The Kier molecular flexibility index (Phi) is 5.08. The third kappa shape index (κ3) is 2.90. The van der Waals surface area contributed by atoms with E-state index in [0.717, 1.165) is 5.56 Å². The van der Waals surface area contributed by atoms with E-state index < -0.39 is 23.7 Å². The van der Waals surface area contributed by atoms with Gasteiger partial charge in [0.25, 0.3) is 5.72 Å². The van der Waals surface area contributed by atoms with E-state index in [0.29, 0.717) is 4.88 Å². The van der Waals surface area contributed by atoms with Crippen LogP contribution >= 0.6 is 23.6 Å². The number of carbonyl (C=O) groups excluding carboxylic acids is 2. The highest BCUT2D eigenvalue weighted by molar-refractivity contribution is 7.80. The van der Waals surface area contributed by atoms with Crippen LogP contribution in [-0.4, -0.2) is 46.8 Å². The summed E-state index contributed by atoms with van der Waals surface area (Å²) < 4.78 is 4.83. The molecule has 26 heavy (non-hydrogen) atoms. The number of ketones is 1. The van der Waals surface area contributed by atoms with Crippen LogP contribution in [0.15, 0.2) is 47.8 Å². The molecule has 3 atom stereocenters. The van der Waals surface area contributed by atoms with Gasteiger partial charge in [0.1, 0.15) is 5.92 Å². The number of thiophene rings is 1. The standard InChI is InChI=1S/C18H18N2O4S2/c1-20-17(25)19-14(11-7-4-3-5-8-11)13(18(20,23)16(22)24-2)15(21)12-9-6-10-26-12/h3-10,13-14,23H,1-2H3,(H,19,25)/t13-,14-,18+/m0/s1. The molecule has 2 aromatic rings. The zero-order chi connectivity index (χ0) is 18.9. The monoisotopic (exact) mass is 390 g/mol. The van der Waals surface area contributed by atoms with Crippen LogP contribution in [0.4, 0.5) is 0 Å². The van der Waals surface area contributed by atoms with Crippen LogP contribution in [0.2, 0.25) is 0 Å². The van der Waals surface area contributed by atoms with Gasteiger partial charge in [-0.2, -0.15) is 0 Å². The number of methoxy groups -OCH3 is 1. The minimum absolute atomic E-state index is 0.155. The van der Waals surface area contributed by atoms with Crippen molar-refractivity contribution in [2.45, 2.75) is 11.8 Å². The second-order valence-corrected chi connectivity index (χ2v) is 7.27. The van der Waals surface area contributed by atoms with Crippen molar-refractivity contribution in [2.24, 2.45) is 5.92 Å². The summed E-state index contributed by atoms with van der Waals surface area (Å²) in [4.78, 5) is 27.5. The van der Waals surface area contributed by atoms with E-state index in [-0.39, 0.29) is 10.9 Å². The number of likely N-dealkylation sites (N-methyl/N-ethyl adjacent to an activating group) is 1. The van der Waals surface area contributed by atoms with Crippen LogP contribution in [-0.2, 0) is 9.53 Å². The van der Waals surface area contributed by atoms with Crippen molar-refractivity contribution < 1.29 is 19.4 Å². The van der Waals surface area contributed by atoms with Crippen molar-refractivity contribution in [3.8, 4) is 0 Å². The van der Waals surface area contributed by atoms with E-state index in [1.807, 2.05) is 30.3 Å². The summed E-state index contributed by atoms with van der Waals surface area (Å²) in [5.74, 6) is -2.43. The Morgan fingerprint density at radius 2 is 1.96 bits per heavy atom. The fraction of sp³-hybridized carbons (Fsp3) is 0.278. The van der Waals surface area contributed by atoms with Gasteiger partial charge in [0.15, 0.2) is 10.9 Å². The quantitative estimate of drug-likeness (QED) is 0.469. The first-order valence-electron chi connectivity index (χ1n) is 7.89. The molecule has 2 heterocycles. The zero-order valence-corrected chi connectivity index (χ0v) is 15.8. The van der Waals surface area contributed by atoms with Gasteiger partial charge in [-0.05, 0) is 29.2 Å². The predicted molar refractivity (Wildman–Crippen MR) is 102 cm³/mol. The van der Waals surface area contributed by atoms with Crippen LogP contribution < -0.4 is 5.32 Å². The Labute approximate surface area is 160 Å². The Morgan fingerprint density at radius 1 is 1.27 bits per heavy atom. The van der Waals surface area contributed by atoms with E-state index in [9.17, 15) is 14.7 Å². The molecule has 0 bridgehead atoms. The molecule has 1 saturated heterocycles. The fourth-order valence-corrected chi connectivity index (χ4v) is 4.14. The Balaban J connectivity index is 2.18. The van der Waals surface area contributed by atoms with Crippen LogP contribution in [0.5, 0.6) is 0 Å². The summed E-state index contributed by atoms with van der Waals surface area (Å²) in [5.41, 5.74) is -1.49. The molecular formula is C18H18N2O4S2. The van der Waals surface area contributed by atoms with Gasteiger partial charge >= 0.3 is 5.97 Å². The minimum atomic E-state index is -2.22. The smallest absolute Gasteiger partial charge is 0.360 e. The SMILES string of the molecule is COC(=O)[C@]1(O)[C@H](C(=O)c2cccs2)[C@H](c2ccccc2)NC(=S)N1C. The Bertz CT molecular complexity index is 825. The van der Waals surface area contributed by atoms with E-state index in [2.05, 4.69) is 5.32 Å². The van der Waals surface area contributed by atoms with Crippen LogP contribution in [0.1, 0.15) is 21.3 Å². The second kappa shape index (κ2) is 7.14. The Hall–Kier alpha value is -2.29. The summed E-state index contributed by atoms with van der Waals surface area (Å²) in [6, 6.07) is 11.9. The number of thiocarbonyl (C=S) groups is 1. The number of nitrogens with zero attached hydrogens (tertiary/aromatic N) is 1. The first-order valence-corrected chi connectivity index (χ1v) is 9.17. The topological polar surface area (TPSA) is 78.9 Å². The van der Waals surface area contributed by atoms with Crippen LogP contribution in [0, 0.1) is 5.92 Å². The van der Waals surface area contributed by atoms with Crippen molar-refractivity contribution in [3.63, 3.8) is 0 Å². The summed E-state index contributed by atoms with van der Waals surface area (Å²) in [6.45, 7) is 0. The number of aliphatic hydroxyl groups is 1. The maximum atomic E-state index is 13.3. The molecule has 1 aromatic carbocycles. The second-order valence-electron chi connectivity index (χ2n) is 5.93. The molecule has 1 fully saturated rings. The summed E-state index contributed by atoms with van der Waals surface area (Å²) in [5, 5.41) is 16.4. The number of rotatable bonds is 4. The fourth-order valence-electron chi connectivity index (χ4n) is 3.17. The van der Waals surface area contributed by atoms with Gasteiger partial charge in [-0.3, -0.25) is 4.79 Å². The van der Waals surface area contributed by atoms with Gasteiger partial charge in [-0.25, -0.2) is 4.79 Å². The van der Waals surface area contributed by atoms with E-state index >= 15 is 0 Å². The number of hydrogen-bond acceptors (Lipinski definition) is 6. The largest absolute Gasteiger partial charge is 0.465 e. The van der Waals surface area contributed by atoms with Gasteiger partial charge < -0.3 is 20.1 Å². The number of carbonyl (C=O) groups is 2. The molecule has 3 rings (SSSR count). The van der Waals surface area contributed by atoms with E-state index in [4.69, 9.17) is 17.0 Å². The Morgan fingerprint density at radius 3 is 2.54 bits per heavy atom. The van der Waals surface area contributed by atoms with Gasteiger partial charge in [0.05, 0.1) is 18.0 Å². The van der Waals surface area contributed by atoms with Crippen molar-refractivity contribution in [1.29, 1.82) is 0 Å². The molecule has 0 saturated carbocycles. The summed E-state index contributed by atoms with van der Waals surface area (Å²) >= 11 is 6.55. The molecule has 1 aliphatic rings. The highest BCUT2D eigenvalue weighted by atomic mass is 32.1. The van der Waals surface area contributed by atoms with Crippen molar-refractivity contribution >= 4 is 40.4 Å². The predicted octanol–water partition coefficient (Wildman–Crippen LogP) is 1.97. The highest BCUT2D eigenvalue weighted by Crippen LogP contribution is 2.40. The van der Waals surface area contributed by atoms with Gasteiger partial charge in [-0.1, -0.05) is 36.4 Å². The number of Topliss-reactive ketones (excluding diaryl/α,β-unsaturated/α-hetero) is 1. The lowest BCUT2D eigenvalue weighted by molar-refractivity contribution is -0.188. The zero-order valence-electron chi connectivity index (χ0n) is 14.2. The molecule has 2 N–H and O–H groups in total. The molecule has 0 amide bonds. The van der Waals surface area contributed by atoms with E-state index in [1.165, 1.54) is 30.4 Å². The maximum Gasteiger partial charge on any atom is 0.360 e. The minimum Gasteiger partial charge on any atom is -0.465 e. The van der Waals surface area contributed by atoms with Crippen molar-refractivity contribution in [3.05, 3.63) is 58.3 Å². The number of hydrogen-bond donors (Lipinski definition) is 2. The first kappa shape index (κ1) is 18.5. The third-order valence-corrected chi connectivity index (χ3v) is 5.83. The summed E-state index contributed by atoms with van der Waals surface area (Å²) in [7, 11) is 2.63. The lowest BCUT2D eigenvalue weighted by atomic mass is 9.78. The number of esters is 1. The lowest BCUT2D eigenvalue weighted by Gasteiger charge is -2.48. The van der Waals surface area contributed by atoms with Crippen molar-refractivity contribution in [1.82, 2.24) is 10.2 Å². The lowest BCUT2D eigenvalue weighted by Crippen LogP contribution is -2.70. The van der Waals surface area contributed by atoms with Gasteiger partial charge in [-0.15, -0.1) is 11.3 Å². The molecule has 0 radical (unpaired) electrons. The van der Waals surface area contributed by atoms with Gasteiger partial charge in [0, 0.05) is 7.05 Å². The van der Waals surface area contributed by atoms with Crippen LogP contribution in [0.3, 0.4) is 0 Å². The molecule has 136 valence electrons. The third-order valence-electron chi connectivity index (χ3n) is 4.55. The number of benzene rings is 1. The highest BCUT2D eigenvalue weighted by Gasteiger charge is 2.59. The summed E-state index contributed by atoms with van der Waals surface area (Å²) in [6.07, 6.45) is 0. The van der Waals surface area contributed by atoms with Gasteiger partial charge in [0.2, 0.25) is 0 Å². The average molecular weight is 390 g/mol. The molecular weight excluding hydrogens is 372 g/mol. The molecule has 6 nitrogen and oxygen atoms in total. The van der Waals surface area contributed by atoms with Crippen LogP contribution in [0.25, 0.3) is 0 Å². The molecule has 0 spiro atoms. The number of nitrogens with one attached hydrogen (secondary N) is 1. The van der Waals surface area contributed by atoms with E-state index in [1.54, 1.807) is 17.5 Å². The average Bonchev–Trinajstić information content (AvgIpc) is 3.20. The molecule has 1 aliphatic heterocycles. The molecule has 0 aliphatic carbocycles. The normalized spacial score (nSPS) is 25.5.